The number of aromatic nitrogens is 3. The molecule has 0 aliphatic heterocycles. The first kappa shape index (κ1) is 15.4. The Morgan fingerprint density at radius 1 is 1.43 bits per heavy atom. The lowest BCUT2D eigenvalue weighted by Gasteiger charge is -2.10. The normalized spacial score (nSPS) is 12.9. The summed E-state index contributed by atoms with van der Waals surface area (Å²) in [5, 5.41) is 8.09. The molecule has 6 heteroatoms. The highest BCUT2D eigenvalue weighted by Gasteiger charge is 2.15. The predicted octanol–water partition coefficient (Wildman–Crippen LogP) is 1.79. The van der Waals surface area contributed by atoms with Crippen LogP contribution in [0.5, 0.6) is 0 Å². The molecule has 1 unspecified atom stereocenters. The summed E-state index contributed by atoms with van der Waals surface area (Å²) in [6.07, 6.45) is 2.51. The van der Waals surface area contributed by atoms with Gasteiger partial charge in [-0.1, -0.05) is 0 Å². The molecule has 2 aromatic rings. The zero-order valence-corrected chi connectivity index (χ0v) is 13.1. The van der Waals surface area contributed by atoms with Crippen LogP contribution in [0.1, 0.15) is 49.3 Å². The fraction of sp³-hybridized carbons (Fsp3) is 0.533. The third-order valence-electron chi connectivity index (χ3n) is 3.38. The van der Waals surface area contributed by atoms with Crippen molar-refractivity contribution in [3.05, 3.63) is 23.5 Å². The molecule has 1 amide bonds. The van der Waals surface area contributed by atoms with Crippen molar-refractivity contribution in [2.24, 2.45) is 5.73 Å². The molecule has 0 aromatic carbocycles. The van der Waals surface area contributed by atoms with E-state index in [-0.39, 0.29) is 18.0 Å². The second-order valence-electron chi connectivity index (χ2n) is 5.74. The Kier molecular flexibility index (Phi) is 4.57. The molecule has 0 fully saturated rings. The second kappa shape index (κ2) is 6.22. The molecule has 21 heavy (non-hydrogen) atoms. The van der Waals surface area contributed by atoms with Crippen LogP contribution in [-0.2, 0) is 0 Å². The van der Waals surface area contributed by atoms with E-state index in [1.54, 1.807) is 6.20 Å². The molecule has 0 saturated heterocycles. The molecule has 0 saturated carbocycles. The largest absolute Gasteiger partial charge is 0.352 e. The lowest BCUT2D eigenvalue weighted by atomic mass is 10.1. The number of carbonyl (C=O) groups excluding carboxylic acids is 1. The fourth-order valence-electron chi connectivity index (χ4n) is 2.18. The summed E-state index contributed by atoms with van der Waals surface area (Å²) in [7, 11) is 0. The number of hydrogen-bond donors (Lipinski definition) is 2. The summed E-state index contributed by atoms with van der Waals surface area (Å²) >= 11 is 0. The first-order chi connectivity index (χ1) is 9.90. The highest BCUT2D eigenvalue weighted by atomic mass is 16.1. The average molecular weight is 289 g/mol. The van der Waals surface area contributed by atoms with Gasteiger partial charge in [0.1, 0.15) is 0 Å². The third kappa shape index (κ3) is 3.39. The van der Waals surface area contributed by atoms with E-state index in [1.807, 2.05) is 24.6 Å². The van der Waals surface area contributed by atoms with Crippen molar-refractivity contribution in [1.82, 2.24) is 20.1 Å². The number of amides is 1. The van der Waals surface area contributed by atoms with E-state index in [9.17, 15) is 4.79 Å². The van der Waals surface area contributed by atoms with E-state index in [0.717, 1.165) is 17.5 Å². The number of rotatable bonds is 5. The number of aryl methyl sites for hydroxylation is 1. The standard InChI is InChI=1S/C15H23N5O/c1-9(2)20-14-12(8-18-20)7-13(11(4)19-14)15(21)17-6-5-10(3)16/h7-10H,5-6,16H2,1-4H3,(H,17,21). The zero-order valence-electron chi connectivity index (χ0n) is 13.1. The molecule has 3 N–H and O–H groups in total. The van der Waals surface area contributed by atoms with Crippen LogP contribution in [0.2, 0.25) is 0 Å². The van der Waals surface area contributed by atoms with Crippen molar-refractivity contribution < 1.29 is 4.79 Å². The molecule has 0 aliphatic rings. The molecule has 6 nitrogen and oxygen atoms in total. The Labute approximate surface area is 124 Å². The van der Waals surface area contributed by atoms with Crippen LogP contribution in [0, 0.1) is 6.92 Å². The first-order valence-corrected chi connectivity index (χ1v) is 7.28. The van der Waals surface area contributed by atoms with Crippen LogP contribution >= 0.6 is 0 Å². The van der Waals surface area contributed by atoms with Gasteiger partial charge in [-0.2, -0.15) is 5.10 Å². The van der Waals surface area contributed by atoms with Crippen molar-refractivity contribution in [3.63, 3.8) is 0 Å². The Balaban J connectivity index is 2.25. The highest BCUT2D eigenvalue weighted by molar-refractivity contribution is 5.98. The molecule has 0 bridgehead atoms. The maximum Gasteiger partial charge on any atom is 0.253 e. The molecule has 114 valence electrons. The Bertz CT molecular complexity index is 645. The van der Waals surface area contributed by atoms with Gasteiger partial charge in [-0.25, -0.2) is 9.67 Å². The van der Waals surface area contributed by atoms with E-state index < -0.39 is 0 Å². The van der Waals surface area contributed by atoms with Gasteiger partial charge in [0, 0.05) is 24.0 Å². The summed E-state index contributed by atoms with van der Waals surface area (Å²) < 4.78 is 1.86. The predicted molar refractivity (Wildman–Crippen MR) is 83.2 cm³/mol. The Hall–Kier alpha value is -1.95. The smallest absolute Gasteiger partial charge is 0.253 e. The number of nitrogens with two attached hydrogens (primary N) is 1. The SMILES string of the molecule is Cc1nc2c(cnn2C(C)C)cc1C(=O)NCCC(C)N. The van der Waals surface area contributed by atoms with Gasteiger partial charge in [0.15, 0.2) is 5.65 Å². The summed E-state index contributed by atoms with van der Waals surface area (Å²) in [5.41, 5.74) is 7.80. The van der Waals surface area contributed by atoms with Crippen LogP contribution in [0.15, 0.2) is 12.3 Å². The van der Waals surface area contributed by atoms with Gasteiger partial charge in [0.2, 0.25) is 0 Å². The molecule has 1 atom stereocenters. The zero-order chi connectivity index (χ0) is 15.6. The molecule has 0 spiro atoms. The van der Waals surface area contributed by atoms with Gasteiger partial charge in [-0.15, -0.1) is 0 Å². The van der Waals surface area contributed by atoms with Crippen LogP contribution in [0.25, 0.3) is 11.0 Å². The van der Waals surface area contributed by atoms with E-state index in [0.29, 0.717) is 17.8 Å². The van der Waals surface area contributed by atoms with Crippen molar-refractivity contribution in [3.8, 4) is 0 Å². The number of fused-ring (bicyclic) bond motifs is 1. The van der Waals surface area contributed by atoms with Gasteiger partial charge < -0.3 is 11.1 Å². The molecule has 2 heterocycles. The Morgan fingerprint density at radius 2 is 2.14 bits per heavy atom. The van der Waals surface area contributed by atoms with Gasteiger partial charge in [-0.05, 0) is 40.2 Å². The molecular weight excluding hydrogens is 266 g/mol. The molecule has 0 aliphatic carbocycles. The first-order valence-electron chi connectivity index (χ1n) is 7.28. The van der Waals surface area contributed by atoms with E-state index in [2.05, 4.69) is 29.2 Å². The van der Waals surface area contributed by atoms with E-state index in [4.69, 9.17) is 5.73 Å². The number of carbonyl (C=O) groups is 1. The fourth-order valence-corrected chi connectivity index (χ4v) is 2.18. The van der Waals surface area contributed by atoms with Crippen LogP contribution in [0.3, 0.4) is 0 Å². The van der Waals surface area contributed by atoms with Crippen molar-refractivity contribution in [2.75, 3.05) is 6.54 Å². The minimum atomic E-state index is -0.111. The number of pyridine rings is 1. The topological polar surface area (TPSA) is 85.8 Å². The maximum atomic E-state index is 12.2. The molecule has 2 rings (SSSR count). The summed E-state index contributed by atoms with van der Waals surface area (Å²) in [6, 6.07) is 2.17. The molecule has 0 radical (unpaired) electrons. The molecule has 2 aromatic heterocycles. The minimum absolute atomic E-state index is 0.0799. The minimum Gasteiger partial charge on any atom is -0.352 e. The summed E-state index contributed by atoms with van der Waals surface area (Å²) in [4.78, 5) is 16.7. The van der Waals surface area contributed by atoms with Gasteiger partial charge in [-0.3, -0.25) is 4.79 Å². The lowest BCUT2D eigenvalue weighted by Crippen LogP contribution is -2.29. The molecular formula is C15H23N5O. The summed E-state index contributed by atoms with van der Waals surface area (Å²) in [6.45, 7) is 8.44. The maximum absolute atomic E-state index is 12.2. The number of nitrogens with one attached hydrogen (secondary N) is 1. The average Bonchev–Trinajstić information content (AvgIpc) is 2.79. The van der Waals surface area contributed by atoms with Crippen molar-refractivity contribution in [1.29, 1.82) is 0 Å². The van der Waals surface area contributed by atoms with E-state index in [1.165, 1.54) is 0 Å². The van der Waals surface area contributed by atoms with Crippen LogP contribution in [-0.4, -0.2) is 33.3 Å². The van der Waals surface area contributed by atoms with Crippen molar-refractivity contribution >= 4 is 16.9 Å². The highest BCUT2D eigenvalue weighted by Crippen LogP contribution is 2.19. The third-order valence-corrected chi connectivity index (χ3v) is 3.38. The number of hydrogen-bond acceptors (Lipinski definition) is 4. The van der Waals surface area contributed by atoms with E-state index >= 15 is 0 Å². The van der Waals surface area contributed by atoms with Crippen LogP contribution in [0.4, 0.5) is 0 Å². The monoisotopic (exact) mass is 289 g/mol. The van der Waals surface area contributed by atoms with Crippen LogP contribution < -0.4 is 11.1 Å². The number of nitrogens with zero attached hydrogens (tertiary/aromatic N) is 3. The second-order valence-corrected chi connectivity index (χ2v) is 5.74. The Morgan fingerprint density at radius 3 is 2.76 bits per heavy atom. The lowest BCUT2D eigenvalue weighted by molar-refractivity contribution is 0.0952. The summed E-state index contributed by atoms with van der Waals surface area (Å²) in [5.74, 6) is -0.111. The van der Waals surface area contributed by atoms with Gasteiger partial charge in [0.05, 0.1) is 17.5 Å². The van der Waals surface area contributed by atoms with Gasteiger partial charge >= 0.3 is 0 Å². The van der Waals surface area contributed by atoms with Crippen molar-refractivity contribution in [2.45, 2.75) is 46.2 Å². The van der Waals surface area contributed by atoms with Gasteiger partial charge in [0.25, 0.3) is 5.91 Å². The quantitative estimate of drug-likeness (QED) is 0.878.